The fourth-order valence-corrected chi connectivity index (χ4v) is 3.81. The number of benzene rings is 2. The molecule has 2 N–H and O–H groups in total. The normalized spacial score (nSPS) is 19.2. The summed E-state index contributed by atoms with van der Waals surface area (Å²) in [5, 5.41) is 0. The lowest BCUT2D eigenvalue weighted by Crippen LogP contribution is -2.49. The second kappa shape index (κ2) is 5.93. The Morgan fingerprint density at radius 1 is 1.05 bits per heavy atom. The lowest BCUT2D eigenvalue weighted by atomic mass is 9.64. The number of likely N-dealkylation sites (tertiary alicyclic amines) is 1. The summed E-state index contributed by atoms with van der Waals surface area (Å²) in [7, 11) is 2.10. The van der Waals surface area contributed by atoms with Crippen molar-refractivity contribution in [3.63, 3.8) is 0 Å². The minimum Gasteiger partial charge on any atom is -0.369 e. The average molecular weight is 294 g/mol. The van der Waals surface area contributed by atoms with Crippen molar-refractivity contribution in [1.29, 1.82) is 0 Å². The van der Waals surface area contributed by atoms with Gasteiger partial charge in [-0.25, -0.2) is 0 Å². The van der Waals surface area contributed by atoms with Crippen LogP contribution in [-0.4, -0.2) is 30.9 Å². The van der Waals surface area contributed by atoms with Crippen molar-refractivity contribution in [2.45, 2.75) is 11.8 Å². The van der Waals surface area contributed by atoms with Gasteiger partial charge in [-0.2, -0.15) is 0 Å². The molecule has 0 aliphatic carbocycles. The summed E-state index contributed by atoms with van der Waals surface area (Å²) in [6.07, 6.45) is 0.975. The van der Waals surface area contributed by atoms with Gasteiger partial charge in [0.05, 0.1) is 0 Å². The number of rotatable bonds is 4. The highest BCUT2D eigenvalue weighted by Gasteiger charge is 2.48. The van der Waals surface area contributed by atoms with Crippen molar-refractivity contribution < 1.29 is 4.79 Å². The fourth-order valence-electron chi connectivity index (χ4n) is 3.81. The number of amides is 1. The van der Waals surface area contributed by atoms with E-state index in [1.54, 1.807) is 0 Å². The van der Waals surface area contributed by atoms with Gasteiger partial charge in [0.2, 0.25) is 5.91 Å². The van der Waals surface area contributed by atoms with Gasteiger partial charge in [-0.15, -0.1) is 0 Å². The molecule has 1 atom stereocenters. The van der Waals surface area contributed by atoms with E-state index in [2.05, 4.69) is 11.9 Å². The van der Waals surface area contributed by atoms with Crippen LogP contribution in [0.3, 0.4) is 0 Å². The second-order valence-corrected chi connectivity index (χ2v) is 6.15. The quantitative estimate of drug-likeness (QED) is 0.941. The predicted molar refractivity (Wildman–Crippen MR) is 88.5 cm³/mol. The van der Waals surface area contributed by atoms with Crippen LogP contribution in [0, 0.1) is 5.92 Å². The minimum atomic E-state index is -0.757. The zero-order valence-corrected chi connectivity index (χ0v) is 12.9. The lowest BCUT2D eigenvalue weighted by molar-refractivity contribution is -0.123. The van der Waals surface area contributed by atoms with E-state index in [0.717, 1.165) is 30.6 Å². The molecule has 1 aliphatic heterocycles. The topological polar surface area (TPSA) is 46.3 Å². The van der Waals surface area contributed by atoms with Crippen molar-refractivity contribution in [2.75, 3.05) is 20.1 Å². The Morgan fingerprint density at radius 2 is 1.55 bits per heavy atom. The molecule has 3 rings (SSSR count). The largest absolute Gasteiger partial charge is 0.369 e. The molecule has 2 aromatic carbocycles. The summed E-state index contributed by atoms with van der Waals surface area (Å²) in [6, 6.07) is 20.0. The molecule has 114 valence electrons. The van der Waals surface area contributed by atoms with Crippen molar-refractivity contribution in [3.8, 4) is 0 Å². The van der Waals surface area contributed by atoms with Gasteiger partial charge in [0.25, 0.3) is 0 Å². The van der Waals surface area contributed by atoms with E-state index >= 15 is 0 Å². The van der Waals surface area contributed by atoms with Crippen molar-refractivity contribution in [2.24, 2.45) is 11.7 Å². The summed E-state index contributed by atoms with van der Waals surface area (Å²) < 4.78 is 0. The molecule has 3 nitrogen and oxygen atoms in total. The van der Waals surface area contributed by atoms with Gasteiger partial charge < -0.3 is 10.6 Å². The Balaban J connectivity index is 2.22. The van der Waals surface area contributed by atoms with Crippen LogP contribution >= 0.6 is 0 Å². The number of hydrogen-bond acceptors (Lipinski definition) is 2. The van der Waals surface area contributed by atoms with Crippen LogP contribution in [0.1, 0.15) is 17.5 Å². The average Bonchev–Trinajstić information content (AvgIpc) is 2.97. The molecule has 0 radical (unpaired) electrons. The van der Waals surface area contributed by atoms with Gasteiger partial charge in [-0.1, -0.05) is 60.7 Å². The molecule has 1 fully saturated rings. The molecule has 1 unspecified atom stereocenters. The van der Waals surface area contributed by atoms with Crippen LogP contribution in [0.2, 0.25) is 0 Å². The maximum atomic E-state index is 12.7. The molecule has 2 aromatic rings. The fraction of sp³-hybridized carbons (Fsp3) is 0.316. The third-order valence-electron chi connectivity index (χ3n) is 4.85. The zero-order valence-electron chi connectivity index (χ0n) is 12.9. The molecular formula is C19H22N2O. The highest BCUT2D eigenvalue weighted by Crippen LogP contribution is 2.43. The third-order valence-corrected chi connectivity index (χ3v) is 4.85. The summed E-state index contributed by atoms with van der Waals surface area (Å²) in [5.74, 6) is -0.0648. The molecule has 0 spiro atoms. The van der Waals surface area contributed by atoms with Gasteiger partial charge in [0.1, 0.15) is 5.41 Å². The molecule has 1 heterocycles. The first kappa shape index (κ1) is 14.8. The first-order chi connectivity index (χ1) is 10.7. The van der Waals surface area contributed by atoms with Crippen LogP contribution in [0.4, 0.5) is 0 Å². The first-order valence-electron chi connectivity index (χ1n) is 7.75. The summed E-state index contributed by atoms with van der Waals surface area (Å²) in [5.41, 5.74) is 7.24. The minimum absolute atomic E-state index is 0.194. The molecule has 1 saturated heterocycles. The number of carbonyl (C=O) groups excluding carboxylic acids is 1. The van der Waals surface area contributed by atoms with Crippen molar-refractivity contribution in [3.05, 3.63) is 71.8 Å². The summed E-state index contributed by atoms with van der Waals surface area (Å²) >= 11 is 0. The third kappa shape index (κ3) is 2.32. The van der Waals surface area contributed by atoms with Gasteiger partial charge in [0, 0.05) is 6.54 Å². The zero-order chi connectivity index (χ0) is 15.6. The van der Waals surface area contributed by atoms with Crippen molar-refractivity contribution in [1.82, 2.24) is 4.90 Å². The van der Waals surface area contributed by atoms with E-state index in [0.29, 0.717) is 0 Å². The Hall–Kier alpha value is -2.13. The van der Waals surface area contributed by atoms with E-state index in [1.165, 1.54) is 0 Å². The van der Waals surface area contributed by atoms with Crippen LogP contribution in [0.25, 0.3) is 0 Å². The van der Waals surface area contributed by atoms with E-state index in [9.17, 15) is 4.79 Å². The smallest absolute Gasteiger partial charge is 0.232 e. The molecule has 0 saturated carbocycles. The maximum Gasteiger partial charge on any atom is 0.232 e. The molecule has 0 aromatic heterocycles. The number of primary amides is 1. The Morgan fingerprint density at radius 3 is 1.91 bits per heavy atom. The number of nitrogens with two attached hydrogens (primary N) is 1. The van der Waals surface area contributed by atoms with Crippen molar-refractivity contribution >= 4 is 5.91 Å². The number of nitrogens with zero attached hydrogens (tertiary/aromatic N) is 1. The molecule has 1 aliphatic rings. The second-order valence-electron chi connectivity index (χ2n) is 6.15. The van der Waals surface area contributed by atoms with E-state index < -0.39 is 5.41 Å². The first-order valence-corrected chi connectivity index (χ1v) is 7.75. The summed E-state index contributed by atoms with van der Waals surface area (Å²) in [4.78, 5) is 15.0. The monoisotopic (exact) mass is 294 g/mol. The molecular weight excluding hydrogens is 272 g/mol. The highest BCUT2D eigenvalue weighted by molar-refractivity contribution is 5.91. The van der Waals surface area contributed by atoms with Gasteiger partial charge in [0.15, 0.2) is 0 Å². The number of carbonyl (C=O) groups is 1. The van der Waals surface area contributed by atoms with Gasteiger partial charge in [-0.05, 0) is 37.1 Å². The van der Waals surface area contributed by atoms with Crippen LogP contribution in [-0.2, 0) is 10.2 Å². The van der Waals surface area contributed by atoms with Crippen LogP contribution < -0.4 is 5.73 Å². The maximum absolute atomic E-state index is 12.7. The van der Waals surface area contributed by atoms with Gasteiger partial charge >= 0.3 is 0 Å². The summed E-state index contributed by atoms with van der Waals surface area (Å²) in [6.45, 7) is 1.88. The van der Waals surface area contributed by atoms with Gasteiger partial charge in [-0.3, -0.25) is 4.79 Å². The molecule has 0 bridgehead atoms. The predicted octanol–water partition coefficient (Wildman–Crippen LogP) is 2.41. The SMILES string of the molecule is CN1CCC(C(C(N)=O)(c2ccccc2)c2ccccc2)C1. The Kier molecular flexibility index (Phi) is 3.99. The standard InChI is InChI=1S/C19H22N2O/c1-21-13-12-17(14-21)19(18(20)22,15-8-4-2-5-9-15)16-10-6-3-7-11-16/h2-11,17H,12-14H2,1H3,(H2,20,22). The Bertz CT molecular complexity index is 599. The number of hydrogen-bond donors (Lipinski definition) is 1. The lowest BCUT2D eigenvalue weighted by Gasteiger charge is -2.37. The van der Waals surface area contributed by atoms with Crippen LogP contribution in [0.15, 0.2) is 60.7 Å². The Labute approximate surface area is 131 Å². The van der Waals surface area contributed by atoms with Crippen LogP contribution in [0.5, 0.6) is 0 Å². The van der Waals surface area contributed by atoms with E-state index in [1.807, 2.05) is 60.7 Å². The van der Waals surface area contributed by atoms with E-state index in [4.69, 9.17) is 5.73 Å². The molecule has 22 heavy (non-hydrogen) atoms. The molecule has 3 heteroatoms. The highest BCUT2D eigenvalue weighted by atomic mass is 16.1. The molecule has 1 amide bonds. The van der Waals surface area contributed by atoms with E-state index in [-0.39, 0.29) is 11.8 Å².